The monoisotopic (exact) mass is 316 g/mol. The summed E-state index contributed by atoms with van der Waals surface area (Å²) in [4.78, 5) is 10.9. The van der Waals surface area contributed by atoms with Crippen molar-refractivity contribution >= 4 is 33.3 Å². The van der Waals surface area contributed by atoms with E-state index in [1.807, 2.05) is 6.07 Å². The first kappa shape index (κ1) is 16.3. The molecule has 0 heterocycles. The number of methoxy groups -OCH3 is 1. The maximum absolute atomic E-state index is 11.8. The Kier molecular flexibility index (Phi) is 5.80. The molecule has 1 N–H and O–H groups in total. The summed E-state index contributed by atoms with van der Waals surface area (Å²) in [5, 5.41) is 8.83. The zero-order valence-corrected chi connectivity index (χ0v) is 12.3. The van der Waals surface area contributed by atoms with E-state index in [1.165, 1.54) is 25.3 Å². The Morgan fingerprint density at radius 1 is 1.50 bits per heavy atom. The molecular formula is C12H13ClN2O4S. The van der Waals surface area contributed by atoms with Gasteiger partial charge in [-0.05, 0) is 24.6 Å². The van der Waals surface area contributed by atoms with Gasteiger partial charge in [0.25, 0.3) is 0 Å². The van der Waals surface area contributed by atoms with Gasteiger partial charge >= 0.3 is 5.97 Å². The third kappa shape index (κ3) is 5.07. The van der Waals surface area contributed by atoms with Crippen molar-refractivity contribution in [1.82, 2.24) is 0 Å². The van der Waals surface area contributed by atoms with Crippen molar-refractivity contribution in [2.75, 3.05) is 17.6 Å². The number of ether oxygens (including phenoxy) is 1. The Balaban J connectivity index is 2.67. The van der Waals surface area contributed by atoms with Crippen LogP contribution in [0.3, 0.4) is 0 Å². The lowest BCUT2D eigenvalue weighted by Gasteiger charge is -2.09. The molecular weight excluding hydrogens is 304 g/mol. The van der Waals surface area contributed by atoms with Crippen molar-refractivity contribution in [1.29, 1.82) is 5.26 Å². The first-order valence-corrected chi connectivity index (χ1v) is 7.68. The number of sulfonamides is 1. The van der Waals surface area contributed by atoms with Gasteiger partial charge in [0.05, 0.1) is 35.2 Å². The second-order valence-electron chi connectivity index (χ2n) is 3.91. The average molecular weight is 317 g/mol. The number of carbonyl (C=O) groups is 1. The summed E-state index contributed by atoms with van der Waals surface area (Å²) in [6.07, 6.45) is 0.175. The average Bonchev–Trinajstić information content (AvgIpc) is 2.40. The van der Waals surface area contributed by atoms with Crippen molar-refractivity contribution in [3.63, 3.8) is 0 Å². The summed E-state index contributed by atoms with van der Waals surface area (Å²) >= 11 is 5.87. The van der Waals surface area contributed by atoms with Gasteiger partial charge in [-0.1, -0.05) is 11.6 Å². The molecule has 0 aromatic heterocycles. The SMILES string of the molecule is COC(=O)CCCS(=O)(=O)Nc1ccc(C#N)cc1Cl. The van der Waals surface area contributed by atoms with Crippen molar-refractivity contribution in [3.8, 4) is 6.07 Å². The van der Waals surface area contributed by atoms with Crippen LogP contribution in [0, 0.1) is 11.3 Å². The van der Waals surface area contributed by atoms with Crippen LogP contribution in [0.5, 0.6) is 0 Å². The highest BCUT2D eigenvalue weighted by molar-refractivity contribution is 7.92. The molecule has 0 unspecified atom stereocenters. The lowest BCUT2D eigenvalue weighted by atomic mass is 10.2. The molecule has 0 spiro atoms. The van der Waals surface area contributed by atoms with Gasteiger partial charge in [-0.25, -0.2) is 8.42 Å². The molecule has 0 saturated heterocycles. The topological polar surface area (TPSA) is 96.3 Å². The maximum Gasteiger partial charge on any atom is 0.305 e. The van der Waals surface area contributed by atoms with E-state index in [2.05, 4.69) is 9.46 Å². The molecule has 8 heteroatoms. The number of esters is 1. The number of benzene rings is 1. The number of hydrogen-bond donors (Lipinski definition) is 1. The van der Waals surface area contributed by atoms with Crippen LogP contribution < -0.4 is 4.72 Å². The molecule has 0 bridgehead atoms. The fraction of sp³-hybridized carbons (Fsp3) is 0.333. The Hall–Kier alpha value is -1.78. The number of anilines is 1. The molecule has 6 nitrogen and oxygen atoms in total. The summed E-state index contributed by atoms with van der Waals surface area (Å²) in [7, 11) is -2.36. The predicted molar refractivity (Wildman–Crippen MR) is 74.8 cm³/mol. The highest BCUT2D eigenvalue weighted by Crippen LogP contribution is 2.24. The number of halogens is 1. The maximum atomic E-state index is 11.8. The summed E-state index contributed by atoms with van der Waals surface area (Å²) < 4.78 is 30.3. The van der Waals surface area contributed by atoms with Crippen molar-refractivity contribution in [2.45, 2.75) is 12.8 Å². The summed E-state index contributed by atoms with van der Waals surface area (Å²) in [5.74, 6) is -0.685. The fourth-order valence-electron chi connectivity index (χ4n) is 1.39. The van der Waals surface area contributed by atoms with Crippen LogP contribution in [0.15, 0.2) is 18.2 Å². The first-order chi connectivity index (χ1) is 9.38. The van der Waals surface area contributed by atoms with E-state index in [-0.39, 0.29) is 29.3 Å². The van der Waals surface area contributed by atoms with Gasteiger partial charge in [0.1, 0.15) is 0 Å². The highest BCUT2D eigenvalue weighted by atomic mass is 35.5. The van der Waals surface area contributed by atoms with Crippen molar-refractivity contribution in [3.05, 3.63) is 28.8 Å². The van der Waals surface area contributed by atoms with E-state index in [1.54, 1.807) is 0 Å². The van der Waals surface area contributed by atoms with Crippen LogP contribution in [0.4, 0.5) is 5.69 Å². The van der Waals surface area contributed by atoms with E-state index in [0.717, 1.165) is 0 Å². The Morgan fingerprint density at radius 2 is 2.20 bits per heavy atom. The van der Waals surface area contributed by atoms with Crippen LogP contribution >= 0.6 is 11.6 Å². The smallest absolute Gasteiger partial charge is 0.305 e. The van der Waals surface area contributed by atoms with Gasteiger partial charge in [0.15, 0.2) is 0 Å². The molecule has 0 aliphatic heterocycles. The normalized spacial score (nSPS) is 10.7. The number of hydrogen-bond acceptors (Lipinski definition) is 5. The molecule has 0 atom stereocenters. The third-order valence-corrected chi connectivity index (χ3v) is 4.06. The van der Waals surface area contributed by atoms with Gasteiger partial charge in [-0.3, -0.25) is 9.52 Å². The lowest BCUT2D eigenvalue weighted by Crippen LogP contribution is -2.18. The number of nitriles is 1. The van der Waals surface area contributed by atoms with Crippen molar-refractivity contribution < 1.29 is 17.9 Å². The second kappa shape index (κ2) is 7.12. The summed E-state index contributed by atoms with van der Waals surface area (Å²) in [6, 6.07) is 6.14. The Morgan fingerprint density at radius 3 is 2.75 bits per heavy atom. The van der Waals surface area contributed by atoms with Crippen LogP contribution in [0.1, 0.15) is 18.4 Å². The number of rotatable bonds is 6. The minimum atomic E-state index is -3.61. The predicted octanol–water partition coefficient (Wildman–Crippen LogP) is 1.91. The molecule has 0 aliphatic carbocycles. The van der Waals surface area contributed by atoms with E-state index >= 15 is 0 Å². The van der Waals surface area contributed by atoms with Crippen LogP contribution in [-0.2, 0) is 19.6 Å². The molecule has 0 amide bonds. The molecule has 108 valence electrons. The molecule has 1 rings (SSSR count). The Labute approximate surface area is 122 Å². The van der Waals surface area contributed by atoms with Crippen LogP contribution in [-0.4, -0.2) is 27.2 Å². The fourth-order valence-corrected chi connectivity index (χ4v) is 2.82. The van der Waals surface area contributed by atoms with Gasteiger partial charge < -0.3 is 4.74 Å². The van der Waals surface area contributed by atoms with E-state index < -0.39 is 16.0 Å². The van der Waals surface area contributed by atoms with Crippen molar-refractivity contribution in [2.24, 2.45) is 0 Å². The van der Waals surface area contributed by atoms with Crippen LogP contribution in [0.25, 0.3) is 0 Å². The van der Waals surface area contributed by atoms with Gasteiger partial charge in [0.2, 0.25) is 10.0 Å². The van der Waals surface area contributed by atoms with E-state index in [4.69, 9.17) is 16.9 Å². The molecule has 20 heavy (non-hydrogen) atoms. The number of nitrogens with one attached hydrogen (secondary N) is 1. The Bertz CT molecular complexity index is 637. The third-order valence-electron chi connectivity index (χ3n) is 2.39. The first-order valence-electron chi connectivity index (χ1n) is 5.65. The molecule has 1 aromatic rings. The standard InChI is InChI=1S/C12H13ClN2O4S/c1-19-12(16)3-2-6-20(17,18)15-11-5-4-9(8-14)7-10(11)13/h4-5,7,15H,2-3,6H2,1H3. The molecule has 0 aliphatic rings. The zero-order chi connectivity index (χ0) is 15.2. The highest BCUT2D eigenvalue weighted by Gasteiger charge is 2.14. The van der Waals surface area contributed by atoms with Gasteiger partial charge in [-0.15, -0.1) is 0 Å². The zero-order valence-electron chi connectivity index (χ0n) is 10.7. The van der Waals surface area contributed by atoms with Gasteiger partial charge in [0, 0.05) is 6.42 Å². The van der Waals surface area contributed by atoms with E-state index in [9.17, 15) is 13.2 Å². The minimum absolute atomic E-state index is 0.0263. The van der Waals surface area contributed by atoms with Crippen LogP contribution in [0.2, 0.25) is 5.02 Å². The number of nitrogens with zero attached hydrogens (tertiary/aromatic N) is 1. The molecule has 0 saturated carbocycles. The minimum Gasteiger partial charge on any atom is -0.469 e. The molecule has 0 radical (unpaired) electrons. The summed E-state index contributed by atoms with van der Waals surface area (Å²) in [5.41, 5.74) is 0.535. The molecule has 0 fully saturated rings. The molecule has 1 aromatic carbocycles. The largest absolute Gasteiger partial charge is 0.469 e. The lowest BCUT2D eigenvalue weighted by molar-refractivity contribution is -0.140. The second-order valence-corrected chi connectivity index (χ2v) is 6.16. The quantitative estimate of drug-likeness (QED) is 0.809. The summed E-state index contributed by atoms with van der Waals surface area (Å²) in [6.45, 7) is 0. The number of carbonyl (C=O) groups excluding carboxylic acids is 1. The van der Waals surface area contributed by atoms with E-state index in [0.29, 0.717) is 5.56 Å². The van der Waals surface area contributed by atoms with Gasteiger partial charge in [-0.2, -0.15) is 5.26 Å².